The van der Waals surface area contributed by atoms with Crippen LogP contribution in [0.15, 0.2) is 59.1 Å². The van der Waals surface area contributed by atoms with Crippen molar-refractivity contribution in [2.75, 3.05) is 12.4 Å². The second-order valence-electron chi connectivity index (χ2n) is 6.17. The highest BCUT2D eigenvalue weighted by atomic mass is 32.2. The van der Waals surface area contributed by atoms with Crippen molar-refractivity contribution < 1.29 is 18.3 Å². The fourth-order valence-corrected chi connectivity index (χ4v) is 4.35. The van der Waals surface area contributed by atoms with Crippen LogP contribution in [-0.2, 0) is 5.75 Å². The number of nitrogens with one attached hydrogen (secondary N) is 1. The topological polar surface area (TPSA) is 81.9 Å². The average molecular weight is 460 g/mol. The number of thioether (sulfide) groups is 1. The molecule has 0 atom stereocenters. The van der Waals surface area contributed by atoms with Gasteiger partial charge in [-0.2, -0.15) is 5.10 Å². The summed E-state index contributed by atoms with van der Waals surface area (Å²) in [6, 6.07) is 12.2. The van der Waals surface area contributed by atoms with Gasteiger partial charge in [0, 0.05) is 5.75 Å². The van der Waals surface area contributed by atoms with Crippen molar-refractivity contribution in [3.05, 3.63) is 77.6 Å². The van der Waals surface area contributed by atoms with Gasteiger partial charge in [-0.05, 0) is 35.9 Å². The third-order valence-electron chi connectivity index (χ3n) is 4.14. The summed E-state index contributed by atoms with van der Waals surface area (Å²) in [5, 5.41) is 15.1. The molecule has 7 nitrogen and oxygen atoms in total. The molecule has 0 saturated heterocycles. The minimum Gasteiger partial charge on any atom is -0.493 e. The van der Waals surface area contributed by atoms with E-state index in [1.807, 2.05) is 0 Å². The van der Waals surface area contributed by atoms with Crippen LogP contribution in [-0.4, -0.2) is 33.0 Å². The maximum absolute atomic E-state index is 13.7. The van der Waals surface area contributed by atoms with Crippen molar-refractivity contribution in [2.24, 2.45) is 0 Å². The molecule has 0 fully saturated rings. The van der Waals surface area contributed by atoms with E-state index < -0.39 is 5.91 Å². The summed E-state index contributed by atoms with van der Waals surface area (Å²) in [6.45, 7) is 0. The monoisotopic (exact) mass is 459 g/mol. The predicted octanol–water partition coefficient (Wildman–Crippen LogP) is 4.56. The molecule has 2 aromatic heterocycles. The number of halogens is 2. The Labute approximate surface area is 184 Å². The van der Waals surface area contributed by atoms with Crippen LogP contribution < -0.4 is 10.1 Å². The van der Waals surface area contributed by atoms with E-state index in [2.05, 4.69) is 20.6 Å². The van der Waals surface area contributed by atoms with Crippen LogP contribution in [0, 0.1) is 11.6 Å². The first-order valence-electron chi connectivity index (χ1n) is 8.94. The molecular formula is C20H15F2N5O2S2. The maximum atomic E-state index is 13.7. The fraction of sp³-hybridized carbons (Fsp3) is 0.100. The van der Waals surface area contributed by atoms with E-state index >= 15 is 0 Å². The summed E-state index contributed by atoms with van der Waals surface area (Å²) < 4.78 is 34.1. The number of anilines is 1. The largest absolute Gasteiger partial charge is 0.493 e. The summed E-state index contributed by atoms with van der Waals surface area (Å²) in [4.78, 5) is 12.7. The van der Waals surface area contributed by atoms with Gasteiger partial charge in [-0.1, -0.05) is 41.3 Å². The lowest BCUT2D eigenvalue weighted by Crippen LogP contribution is -2.14. The minimum atomic E-state index is -0.528. The number of amides is 1. The smallest absolute Gasteiger partial charge is 0.281 e. The summed E-state index contributed by atoms with van der Waals surface area (Å²) in [5.74, 6) is -0.539. The van der Waals surface area contributed by atoms with Crippen molar-refractivity contribution >= 4 is 34.1 Å². The Morgan fingerprint density at radius 3 is 2.68 bits per heavy atom. The van der Waals surface area contributed by atoms with Gasteiger partial charge in [-0.25, -0.2) is 13.5 Å². The second kappa shape index (κ2) is 9.23. The van der Waals surface area contributed by atoms with Gasteiger partial charge in [0.1, 0.15) is 11.6 Å². The summed E-state index contributed by atoms with van der Waals surface area (Å²) in [6.07, 6.45) is 1.53. The van der Waals surface area contributed by atoms with Gasteiger partial charge in [0.15, 0.2) is 15.8 Å². The third-order valence-corrected chi connectivity index (χ3v) is 6.16. The first-order chi connectivity index (χ1) is 15.0. The molecule has 0 aliphatic rings. The van der Waals surface area contributed by atoms with E-state index in [-0.39, 0.29) is 28.2 Å². The highest BCUT2D eigenvalue weighted by molar-refractivity contribution is 8.00. The molecule has 158 valence electrons. The number of hydrogen-bond donors (Lipinski definition) is 1. The van der Waals surface area contributed by atoms with Gasteiger partial charge in [0.2, 0.25) is 5.13 Å². The molecule has 0 saturated carbocycles. The van der Waals surface area contributed by atoms with Crippen LogP contribution in [0.1, 0.15) is 16.1 Å². The molecular weight excluding hydrogens is 444 g/mol. The Hall–Kier alpha value is -3.31. The predicted molar refractivity (Wildman–Crippen MR) is 114 cm³/mol. The number of nitrogens with zero attached hydrogens (tertiary/aromatic N) is 4. The number of aromatic nitrogens is 4. The first kappa shape index (κ1) is 20.9. The molecule has 2 aromatic carbocycles. The Morgan fingerprint density at radius 2 is 1.94 bits per heavy atom. The summed E-state index contributed by atoms with van der Waals surface area (Å²) in [5.41, 5.74) is 1.17. The van der Waals surface area contributed by atoms with Crippen LogP contribution >= 0.6 is 23.1 Å². The number of hydrogen-bond acceptors (Lipinski definition) is 7. The molecule has 4 aromatic rings. The van der Waals surface area contributed by atoms with Gasteiger partial charge < -0.3 is 4.74 Å². The van der Waals surface area contributed by atoms with Gasteiger partial charge >= 0.3 is 0 Å². The van der Waals surface area contributed by atoms with Crippen LogP contribution in [0.4, 0.5) is 13.9 Å². The van der Waals surface area contributed by atoms with Gasteiger partial charge in [0.05, 0.1) is 19.0 Å². The quantitative estimate of drug-likeness (QED) is 0.322. The highest BCUT2D eigenvalue weighted by Crippen LogP contribution is 2.29. The van der Waals surface area contributed by atoms with Crippen molar-refractivity contribution in [2.45, 2.75) is 10.1 Å². The Balaban J connectivity index is 1.45. The molecule has 31 heavy (non-hydrogen) atoms. The first-order valence-corrected chi connectivity index (χ1v) is 10.7. The fourth-order valence-electron chi connectivity index (χ4n) is 2.62. The van der Waals surface area contributed by atoms with Gasteiger partial charge in [0.25, 0.3) is 5.91 Å². The lowest BCUT2D eigenvalue weighted by molar-refractivity contribution is 0.101. The van der Waals surface area contributed by atoms with Crippen LogP contribution in [0.25, 0.3) is 5.69 Å². The van der Waals surface area contributed by atoms with Gasteiger partial charge in [-0.15, -0.1) is 10.2 Å². The van der Waals surface area contributed by atoms with E-state index in [1.165, 1.54) is 71.4 Å². The van der Waals surface area contributed by atoms with E-state index in [0.717, 1.165) is 0 Å². The van der Waals surface area contributed by atoms with E-state index in [9.17, 15) is 13.6 Å². The van der Waals surface area contributed by atoms with Crippen LogP contribution in [0.5, 0.6) is 5.75 Å². The molecule has 11 heteroatoms. The maximum Gasteiger partial charge on any atom is 0.281 e. The lowest BCUT2D eigenvalue weighted by atomic mass is 10.2. The van der Waals surface area contributed by atoms with E-state index in [4.69, 9.17) is 4.74 Å². The average Bonchev–Trinajstić information content (AvgIpc) is 3.40. The van der Waals surface area contributed by atoms with Crippen molar-refractivity contribution in [3.63, 3.8) is 0 Å². The number of carbonyl (C=O) groups excluding carboxylic acids is 1. The molecule has 1 amide bonds. The zero-order valence-electron chi connectivity index (χ0n) is 16.1. The molecule has 2 heterocycles. The molecule has 1 N–H and O–H groups in total. The van der Waals surface area contributed by atoms with Crippen molar-refractivity contribution in [1.82, 2.24) is 20.0 Å². The van der Waals surface area contributed by atoms with Crippen LogP contribution in [0.2, 0.25) is 0 Å². The molecule has 0 bridgehead atoms. The summed E-state index contributed by atoms with van der Waals surface area (Å²) in [7, 11) is 1.42. The van der Waals surface area contributed by atoms with Gasteiger partial charge in [-0.3, -0.25) is 10.1 Å². The van der Waals surface area contributed by atoms with E-state index in [0.29, 0.717) is 21.3 Å². The van der Waals surface area contributed by atoms with E-state index in [1.54, 1.807) is 18.2 Å². The Bertz CT molecular complexity index is 1210. The number of benzene rings is 2. The Morgan fingerprint density at radius 1 is 1.16 bits per heavy atom. The molecule has 0 radical (unpaired) electrons. The SMILES string of the molecule is COc1cn(-c2ccc(F)cc2)nc1C(=O)Nc1nnc(SCc2ccccc2F)s1. The summed E-state index contributed by atoms with van der Waals surface area (Å²) >= 11 is 2.49. The highest BCUT2D eigenvalue weighted by Gasteiger charge is 2.20. The third kappa shape index (κ3) is 4.89. The standard InChI is InChI=1S/C20H15F2N5O2S2/c1-29-16-10-27(14-8-6-13(21)7-9-14)26-17(16)18(28)23-19-24-25-20(31-19)30-11-12-4-2-3-5-15(12)22/h2-10H,11H2,1H3,(H,23,24,28). The van der Waals surface area contributed by atoms with Crippen molar-refractivity contribution in [3.8, 4) is 11.4 Å². The number of ether oxygens (including phenoxy) is 1. The minimum absolute atomic E-state index is 0.0441. The van der Waals surface area contributed by atoms with Crippen LogP contribution in [0.3, 0.4) is 0 Å². The molecule has 4 rings (SSSR count). The molecule has 0 aliphatic heterocycles. The number of rotatable bonds is 7. The Kier molecular flexibility index (Phi) is 6.23. The number of methoxy groups -OCH3 is 1. The zero-order valence-corrected chi connectivity index (χ0v) is 17.7. The molecule has 0 spiro atoms. The second-order valence-corrected chi connectivity index (χ2v) is 8.37. The molecule has 0 aliphatic carbocycles. The molecule has 0 unspecified atom stereocenters. The zero-order chi connectivity index (χ0) is 21.8. The lowest BCUT2D eigenvalue weighted by Gasteiger charge is -2.01. The van der Waals surface area contributed by atoms with Crippen molar-refractivity contribution in [1.29, 1.82) is 0 Å². The normalized spacial score (nSPS) is 10.8. The number of carbonyl (C=O) groups is 1.